The van der Waals surface area contributed by atoms with Crippen LogP contribution in [0.5, 0.6) is 0 Å². The Labute approximate surface area is 194 Å². The minimum atomic E-state index is -0.565. The van der Waals surface area contributed by atoms with Gasteiger partial charge in [0.15, 0.2) is 0 Å². The molecule has 1 aliphatic rings. The molecule has 0 saturated carbocycles. The van der Waals surface area contributed by atoms with Crippen molar-refractivity contribution in [2.45, 2.75) is 31.7 Å². The molecule has 0 spiro atoms. The van der Waals surface area contributed by atoms with Gasteiger partial charge in [-0.25, -0.2) is 13.9 Å². The number of aromatic nitrogens is 4. The number of benzene rings is 2. The summed E-state index contributed by atoms with van der Waals surface area (Å²) in [7, 11) is 0. The standard InChI is InChI=1S/C22H23FN6O3S/c1-3-33-21-25-26-27-29(21)12-15-4-6-16(7-5-15)19-9-8-17(10-20(19)23)28-13-18(32-22(28)31)11-24-14(2)30/h4-10,18H,3,11-13H2,1-2H3,(H,24,30)/t18-/m0/s1. The van der Waals surface area contributed by atoms with E-state index in [1.54, 1.807) is 28.6 Å². The fourth-order valence-corrected chi connectivity index (χ4v) is 4.10. The molecule has 0 bridgehead atoms. The number of cyclic esters (lactones) is 1. The van der Waals surface area contributed by atoms with Gasteiger partial charge in [0.1, 0.15) is 11.9 Å². The lowest BCUT2D eigenvalue weighted by Crippen LogP contribution is -2.33. The summed E-state index contributed by atoms with van der Waals surface area (Å²) < 4.78 is 21.9. The first-order valence-corrected chi connectivity index (χ1v) is 11.4. The average molecular weight is 471 g/mol. The summed E-state index contributed by atoms with van der Waals surface area (Å²) in [6.45, 7) is 4.41. The third-order valence-electron chi connectivity index (χ3n) is 5.09. The lowest BCUT2D eigenvalue weighted by Gasteiger charge is -2.15. The summed E-state index contributed by atoms with van der Waals surface area (Å²) in [4.78, 5) is 24.6. The Kier molecular flexibility index (Phi) is 6.87. The van der Waals surface area contributed by atoms with Crippen LogP contribution in [0.25, 0.3) is 11.1 Å². The second-order valence-corrected chi connectivity index (χ2v) is 8.70. The minimum absolute atomic E-state index is 0.204. The Morgan fingerprint density at radius 2 is 2.06 bits per heavy atom. The van der Waals surface area contributed by atoms with Crippen molar-refractivity contribution < 1.29 is 18.7 Å². The van der Waals surface area contributed by atoms with Crippen LogP contribution in [-0.2, 0) is 16.1 Å². The van der Waals surface area contributed by atoms with Crippen molar-refractivity contribution in [3.05, 3.63) is 53.8 Å². The number of rotatable bonds is 8. The van der Waals surface area contributed by atoms with Crippen LogP contribution in [0.2, 0.25) is 0 Å². The molecule has 3 aromatic rings. The summed E-state index contributed by atoms with van der Waals surface area (Å²) in [5.41, 5.74) is 2.54. The smallest absolute Gasteiger partial charge is 0.414 e. The van der Waals surface area contributed by atoms with Crippen molar-refractivity contribution in [1.82, 2.24) is 25.5 Å². The summed E-state index contributed by atoms with van der Waals surface area (Å²) in [5.74, 6) is 0.226. The van der Waals surface area contributed by atoms with Gasteiger partial charge in [-0.3, -0.25) is 9.69 Å². The van der Waals surface area contributed by atoms with Crippen molar-refractivity contribution in [3.8, 4) is 11.1 Å². The van der Waals surface area contributed by atoms with Gasteiger partial charge in [0.2, 0.25) is 11.1 Å². The lowest BCUT2D eigenvalue weighted by molar-refractivity contribution is -0.119. The first-order valence-electron chi connectivity index (χ1n) is 10.4. The SMILES string of the molecule is CCSc1nnnn1Cc1ccc(-c2ccc(N3C[C@H](CNC(C)=O)OC3=O)cc2F)cc1. The van der Waals surface area contributed by atoms with Crippen LogP contribution >= 0.6 is 11.8 Å². The topological polar surface area (TPSA) is 102 Å². The van der Waals surface area contributed by atoms with Crippen LogP contribution in [0.1, 0.15) is 19.4 Å². The molecule has 9 nitrogen and oxygen atoms in total. The largest absolute Gasteiger partial charge is 0.442 e. The van der Waals surface area contributed by atoms with Gasteiger partial charge >= 0.3 is 6.09 Å². The normalized spacial score (nSPS) is 15.5. The minimum Gasteiger partial charge on any atom is -0.442 e. The van der Waals surface area contributed by atoms with E-state index in [0.717, 1.165) is 22.0 Å². The van der Waals surface area contributed by atoms with Crippen LogP contribution < -0.4 is 10.2 Å². The second-order valence-electron chi connectivity index (χ2n) is 7.47. The lowest BCUT2D eigenvalue weighted by atomic mass is 10.0. The fraction of sp³-hybridized carbons (Fsp3) is 0.318. The number of carbonyl (C=O) groups excluding carboxylic acids is 2. The van der Waals surface area contributed by atoms with Crippen LogP contribution in [0.4, 0.5) is 14.9 Å². The Morgan fingerprint density at radius 3 is 2.76 bits per heavy atom. The molecule has 0 radical (unpaired) electrons. The van der Waals surface area contributed by atoms with Gasteiger partial charge in [0.25, 0.3) is 0 Å². The number of hydrogen-bond acceptors (Lipinski definition) is 7. The number of nitrogens with one attached hydrogen (secondary N) is 1. The third kappa shape index (κ3) is 5.30. The number of halogens is 1. The van der Waals surface area contributed by atoms with Crippen LogP contribution in [0, 0.1) is 5.82 Å². The van der Waals surface area contributed by atoms with Gasteiger partial charge in [0.05, 0.1) is 25.3 Å². The molecular weight excluding hydrogens is 447 g/mol. The highest BCUT2D eigenvalue weighted by Gasteiger charge is 2.32. The number of amides is 2. The predicted octanol–water partition coefficient (Wildman–Crippen LogP) is 3.10. The molecule has 2 amide bonds. The van der Waals surface area contributed by atoms with E-state index in [9.17, 15) is 14.0 Å². The molecule has 1 aromatic heterocycles. The van der Waals surface area contributed by atoms with Gasteiger partial charge in [-0.1, -0.05) is 43.0 Å². The number of hydrogen-bond donors (Lipinski definition) is 1. The molecule has 1 saturated heterocycles. The molecule has 0 unspecified atom stereocenters. The molecule has 4 rings (SSSR count). The molecule has 1 aliphatic heterocycles. The zero-order valence-corrected chi connectivity index (χ0v) is 19.0. The zero-order chi connectivity index (χ0) is 23.4. The Balaban J connectivity index is 1.45. The molecule has 172 valence electrons. The second kappa shape index (κ2) is 9.99. The number of carbonyl (C=O) groups is 2. The number of thioether (sulfide) groups is 1. The van der Waals surface area contributed by atoms with E-state index in [2.05, 4.69) is 20.8 Å². The predicted molar refractivity (Wildman–Crippen MR) is 121 cm³/mol. The molecule has 11 heteroatoms. The molecule has 2 aromatic carbocycles. The van der Waals surface area contributed by atoms with Crippen molar-refractivity contribution in [2.24, 2.45) is 0 Å². The quantitative estimate of drug-likeness (QED) is 0.505. The molecule has 1 fully saturated rings. The monoisotopic (exact) mass is 470 g/mol. The molecule has 1 atom stereocenters. The van der Waals surface area contributed by atoms with Crippen LogP contribution in [-0.4, -0.2) is 57.2 Å². The summed E-state index contributed by atoms with van der Waals surface area (Å²) in [5, 5.41) is 15.1. The van der Waals surface area contributed by atoms with Crippen LogP contribution in [0.15, 0.2) is 47.6 Å². The maximum absolute atomic E-state index is 14.9. The van der Waals surface area contributed by atoms with Crippen molar-refractivity contribution in [1.29, 1.82) is 0 Å². The Morgan fingerprint density at radius 1 is 1.27 bits per heavy atom. The van der Waals surface area contributed by atoms with Crippen molar-refractivity contribution in [3.63, 3.8) is 0 Å². The number of nitrogens with zero attached hydrogens (tertiary/aromatic N) is 5. The van der Waals surface area contributed by atoms with E-state index in [1.807, 2.05) is 31.2 Å². The molecule has 0 aliphatic carbocycles. The number of ether oxygens (including phenoxy) is 1. The third-order valence-corrected chi connectivity index (χ3v) is 5.93. The maximum Gasteiger partial charge on any atom is 0.414 e. The summed E-state index contributed by atoms with van der Waals surface area (Å²) in [6, 6.07) is 12.2. The van der Waals surface area contributed by atoms with Gasteiger partial charge in [-0.15, -0.1) is 5.10 Å². The average Bonchev–Trinajstić information content (AvgIpc) is 3.39. The Hall–Kier alpha value is -3.47. The van der Waals surface area contributed by atoms with Crippen molar-refractivity contribution in [2.75, 3.05) is 23.7 Å². The van der Waals surface area contributed by atoms with E-state index in [0.29, 0.717) is 17.8 Å². The molecular formula is C22H23FN6O3S. The molecule has 2 heterocycles. The Bertz CT molecular complexity index is 1150. The van der Waals surface area contributed by atoms with Crippen LogP contribution in [0.3, 0.4) is 0 Å². The van der Waals surface area contributed by atoms with E-state index < -0.39 is 18.0 Å². The van der Waals surface area contributed by atoms with E-state index in [4.69, 9.17) is 4.74 Å². The summed E-state index contributed by atoms with van der Waals surface area (Å²) >= 11 is 1.57. The van der Waals surface area contributed by atoms with Gasteiger partial charge in [-0.2, -0.15) is 0 Å². The van der Waals surface area contributed by atoms with E-state index in [1.165, 1.54) is 17.9 Å². The van der Waals surface area contributed by atoms with Gasteiger partial charge in [-0.05, 0) is 45.5 Å². The first-order chi connectivity index (χ1) is 15.9. The fourth-order valence-electron chi connectivity index (χ4n) is 3.49. The van der Waals surface area contributed by atoms with Crippen molar-refractivity contribution >= 4 is 29.4 Å². The first kappa shape index (κ1) is 22.7. The molecule has 33 heavy (non-hydrogen) atoms. The number of anilines is 1. The highest BCUT2D eigenvalue weighted by Crippen LogP contribution is 2.29. The zero-order valence-electron chi connectivity index (χ0n) is 18.2. The van der Waals surface area contributed by atoms with E-state index >= 15 is 0 Å². The maximum atomic E-state index is 14.9. The highest BCUT2D eigenvalue weighted by atomic mass is 32.2. The number of tetrazole rings is 1. The van der Waals surface area contributed by atoms with Gasteiger partial charge in [0, 0.05) is 12.5 Å². The van der Waals surface area contributed by atoms with Gasteiger partial charge < -0.3 is 10.1 Å². The highest BCUT2D eigenvalue weighted by molar-refractivity contribution is 7.99. The summed E-state index contributed by atoms with van der Waals surface area (Å²) in [6.07, 6.45) is -1.04. The van der Waals surface area contributed by atoms with E-state index in [-0.39, 0.29) is 19.0 Å². The molecule has 1 N–H and O–H groups in total.